The lowest BCUT2D eigenvalue weighted by molar-refractivity contribution is -0.0799. The SMILES string of the molecule is CC1CCC(CN)(OCc2cnn(C)c2)CC1. The summed E-state index contributed by atoms with van der Waals surface area (Å²) in [5.41, 5.74) is 6.94. The average molecular weight is 237 g/mol. The third-order valence-electron chi connectivity index (χ3n) is 3.86. The highest BCUT2D eigenvalue weighted by atomic mass is 16.5. The molecule has 0 radical (unpaired) electrons. The second-order valence-corrected chi connectivity index (χ2v) is 5.38. The van der Waals surface area contributed by atoms with Crippen LogP contribution in [0.25, 0.3) is 0 Å². The molecule has 17 heavy (non-hydrogen) atoms. The Morgan fingerprint density at radius 3 is 2.76 bits per heavy atom. The third kappa shape index (κ3) is 3.07. The van der Waals surface area contributed by atoms with E-state index in [2.05, 4.69) is 12.0 Å². The summed E-state index contributed by atoms with van der Waals surface area (Å²) in [5.74, 6) is 0.816. The van der Waals surface area contributed by atoms with Crippen molar-refractivity contribution in [1.82, 2.24) is 9.78 Å². The average Bonchev–Trinajstić information content (AvgIpc) is 2.75. The maximum atomic E-state index is 6.09. The Labute approximate surface area is 103 Å². The van der Waals surface area contributed by atoms with Crippen LogP contribution >= 0.6 is 0 Å². The van der Waals surface area contributed by atoms with E-state index in [1.165, 1.54) is 12.8 Å². The third-order valence-corrected chi connectivity index (χ3v) is 3.86. The molecule has 1 aromatic rings. The highest BCUT2D eigenvalue weighted by Gasteiger charge is 2.33. The lowest BCUT2D eigenvalue weighted by Crippen LogP contribution is -2.43. The zero-order valence-corrected chi connectivity index (χ0v) is 10.9. The maximum Gasteiger partial charge on any atom is 0.0808 e. The zero-order chi connectivity index (χ0) is 12.3. The van der Waals surface area contributed by atoms with Crippen molar-refractivity contribution in [1.29, 1.82) is 0 Å². The Kier molecular flexibility index (Phi) is 3.84. The van der Waals surface area contributed by atoms with Gasteiger partial charge < -0.3 is 10.5 Å². The molecule has 4 nitrogen and oxygen atoms in total. The fourth-order valence-corrected chi connectivity index (χ4v) is 2.48. The lowest BCUT2D eigenvalue weighted by atomic mass is 9.79. The van der Waals surface area contributed by atoms with Crippen LogP contribution in [0.3, 0.4) is 0 Å². The van der Waals surface area contributed by atoms with E-state index in [0.29, 0.717) is 13.2 Å². The van der Waals surface area contributed by atoms with Crippen molar-refractivity contribution in [3.8, 4) is 0 Å². The first-order valence-corrected chi connectivity index (χ1v) is 6.45. The van der Waals surface area contributed by atoms with Gasteiger partial charge in [0, 0.05) is 25.4 Å². The minimum atomic E-state index is -0.0949. The summed E-state index contributed by atoms with van der Waals surface area (Å²) in [4.78, 5) is 0. The first-order chi connectivity index (χ1) is 8.13. The number of hydrogen-bond acceptors (Lipinski definition) is 3. The second-order valence-electron chi connectivity index (χ2n) is 5.38. The minimum Gasteiger partial charge on any atom is -0.369 e. The van der Waals surface area contributed by atoms with Gasteiger partial charge in [-0.25, -0.2) is 0 Å². The first-order valence-electron chi connectivity index (χ1n) is 6.45. The topological polar surface area (TPSA) is 53.1 Å². The molecule has 4 heteroatoms. The zero-order valence-electron chi connectivity index (χ0n) is 10.9. The number of nitrogens with two attached hydrogens (primary N) is 1. The summed E-state index contributed by atoms with van der Waals surface area (Å²) in [6.45, 7) is 3.56. The number of aryl methyl sites for hydroxylation is 1. The van der Waals surface area contributed by atoms with E-state index in [1.807, 2.05) is 19.4 Å². The number of ether oxygens (including phenoxy) is 1. The molecule has 2 rings (SSSR count). The van der Waals surface area contributed by atoms with E-state index in [9.17, 15) is 0 Å². The molecule has 0 atom stereocenters. The van der Waals surface area contributed by atoms with Crippen molar-refractivity contribution in [3.63, 3.8) is 0 Å². The molecule has 1 fully saturated rings. The molecule has 1 aromatic heterocycles. The maximum absolute atomic E-state index is 6.09. The molecule has 2 N–H and O–H groups in total. The van der Waals surface area contributed by atoms with Gasteiger partial charge in [0.05, 0.1) is 18.4 Å². The van der Waals surface area contributed by atoms with Crippen molar-refractivity contribution in [2.45, 2.75) is 44.8 Å². The van der Waals surface area contributed by atoms with E-state index >= 15 is 0 Å². The molecular formula is C13H23N3O. The molecule has 1 aliphatic carbocycles. The highest BCUT2D eigenvalue weighted by molar-refractivity contribution is 5.02. The largest absolute Gasteiger partial charge is 0.369 e. The number of aromatic nitrogens is 2. The van der Waals surface area contributed by atoms with E-state index in [4.69, 9.17) is 10.5 Å². The van der Waals surface area contributed by atoms with Crippen molar-refractivity contribution >= 4 is 0 Å². The molecule has 0 bridgehead atoms. The summed E-state index contributed by atoms with van der Waals surface area (Å²) in [6, 6.07) is 0. The molecule has 0 amide bonds. The summed E-state index contributed by atoms with van der Waals surface area (Å²) in [6.07, 6.45) is 8.48. The van der Waals surface area contributed by atoms with E-state index in [-0.39, 0.29) is 5.60 Å². The van der Waals surface area contributed by atoms with Gasteiger partial charge in [0.15, 0.2) is 0 Å². The summed E-state index contributed by atoms with van der Waals surface area (Å²) < 4.78 is 7.89. The Bertz CT molecular complexity index is 353. The van der Waals surface area contributed by atoms with Gasteiger partial charge in [0.25, 0.3) is 0 Å². The molecule has 1 aliphatic rings. The summed E-state index contributed by atoms with van der Waals surface area (Å²) >= 11 is 0. The van der Waals surface area contributed by atoms with Crippen LogP contribution in [0.2, 0.25) is 0 Å². The monoisotopic (exact) mass is 237 g/mol. The molecule has 1 saturated carbocycles. The molecular weight excluding hydrogens is 214 g/mol. The van der Waals surface area contributed by atoms with E-state index < -0.39 is 0 Å². The molecule has 0 aliphatic heterocycles. The molecule has 0 spiro atoms. The van der Waals surface area contributed by atoms with Crippen LogP contribution in [0.5, 0.6) is 0 Å². The van der Waals surface area contributed by atoms with Gasteiger partial charge in [-0.2, -0.15) is 5.10 Å². The first kappa shape index (κ1) is 12.6. The molecule has 0 unspecified atom stereocenters. The lowest BCUT2D eigenvalue weighted by Gasteiger charge is -2.38. The van der Waals surface area contributed by atoms with E-state index in [0.717, 1.165) is 24.3 Å². The fraction of sp³-hybridized carbons (Fsp3) is 0.769. The van der Waals surface area contributed by atoms with Gasteiger partial charge in [0.2, 0.25) is 0 Å². The molecule has 96 valence electrons. The van der Waals surface area contributed by atoms with Gasteiger partial charge in [-0.3, -0.25) is 4.68 Å². The summed E-state index contributed by atoms with van der Waals surface area (Å²) in [5, 5.41) is 4.15. The Morgan fingerprint density at radius 1 is 1.53 bits per heavy atom. The predicted molar refractivity (Wildman–Crippen MR) is 67.4 cm³/mol. The highest BCUT2D eigenvalue weighted by Crippen LogP contribution is 2.34. The molecule has 0 saturated heterocycles. The smallest absolute Gasteiger partial charge is 0.0808 e. The Hall–Kier alpha value is -0.870. The standard InChI is InChI=1S/C13H23N3O/c1-11-3-5-13(10-14,6-4-11)17-9-12-7-15-16(2)8-12/h7-8,11H,3-6,9-10,14H2,1-2H3. The Balaban J connectivity index is 1.91. The quantitative estimate of drug-likeness (QED) is 0.869. The van der Waals surface area contributed by atoms with Crippen LogP contribution in [0.1, 0.15) is 38.2 Å². The Morgan fingerprint density at radius 2 is 2.24 bits per heavy atom. The van der Waals surface area contributed by atoms with Gasteiger partial charge in [-0.05, 0) is 31.6 Å². The van der Waals surface area contributed by atoms with Crippen LogP contribution in [-0.4, -0.2) is 21.9 Å². The van der Waals surface area contributed by atoms with E-state index in [1.54, 1.807) is 4.68 Å². The second kappa shape index (κ2) is 5.19. The fourth-order valence-electron chi connectivity index (χ4n) is 2.48. The number of rotatable bonds is 4. The van der Waals surface area contributed by atoms with Gasteiger partial charge in [-0.15, -0.1) is 0 Å². The van der Waals surface area contributed by atoms with Crippen molar-refractivity contribution in [2.75, 3.05) is 6.54 Å². The number of nitrogens with zero attached hydrogens (tertiary/aromatic N) is 2. The van der Waals surface area contributed by atoms with Crippen LogP contribution in [0.15, 0.2) is 12.4 Å². The van der Waals surface area contributed by atoms with Crippen LogP contribution in [-0.2, 0) is 18.4 Å². The van der Waals surface area contributed by atoms with Crippen LogP contribution in [0.4, 0.5) is 0 Å². The van der Waals surface area contributed by atoms with Gasteiger partial charge in [-0.1, -0.05) is 6.92 Å². The normalized spacial score (nSPS) is 29.5. The van der Waals surface area contributed by atoms with Crippen LogP contribution in [0, 0.1) is 5.92 Å². The van der Waals surface area contributed by atoms with Gasteiger partial charge >= 0.3 is 0 Å². The molecule has 0 aromatic carbocycles. The molecule has 1 heterocycles. The summed E-state index contributed by atoms with van der Waals surface area (Å²) in [7, 11) is 1.92. The minimum absolute atomic E-state index is 0.0949. The van der Waals surface area contributed by atoms with Crippen molar-refractivity contribution < 1.29 is 4.74 Å². The van der Waals surface area contributed by atoms with Crippen molar-refractivity contribution in [2.24, 2.45) is 18.7 Å². The number of hydrogen-bond donors (Lipinski definition) is 1. The van der Waals surface area contributed by atoms with Crippen molar-refractivity contribution in [3.05, 3.63) is 18.0 Å². The predicted octanol–water partition coefficient (Wildman–Crippen LogP) is 1.84. The van der Waals surface area contributed by atoms with Crippen LogP contribution < -0.4 is 5.73 Å². The van der Waals surface area contributed by atoms with Gasteiger partial charge in [0.1, 0.15) is 0 Å².